The van der Waals surface area contributed by atoms with Crippen molar-refractivity contribution in [2.75, 3.05) is 13.7 Å². The van der Waals surface area contributed by atoms with E-state index in [1.54, 1.807) is 19.4 Å². The van der Waals surface area contributed by atoms with Crippen molar-refractivity contribution >= 4 is 0 Å². The van der Waals surface area contributed by atoms with Crippen molar-refractivity contribution in [1.29, 1.82) is 0 Å². The van der Waals surface area contributed by atoms with Gasteiger partial charge in [-0.15, -0.1) is 0 Å². The molecule has 3 heterocycles. The summed E-state index contributed by atoms with van der Waals surface area (Å²) in [6, 6.07) is 13.8. The molecule has 3 aromatic rings. The molecule has 128 valence electrons. The maximum absolute atomic E-state index is 6.02. The molecule has 2 atom stereocenters. The molecular formula is C19H19N3O3. The van der Waals surface area contributed by atoms with Gasteiger partial charge in [0.15, 0.2) is 0 Å². The summed E-state index contributed by atoms with van der Waals surface area (Å²) in [6.45, 7) is 0.749. The Bertz CT molecular complexity index is 817. The SMILES string of the molecule is COc1ccc(-c2noc([C@H]3CCCO[C@H]3c3ccccc3)n2)cn1. The van der Waals surface area contributed by atoms with Crippen LogP contribution in [0.4, 0.5) is 0 Å². The highest BCUT2D eigenvalue weighted by atomic mass is 16.5. The van der Waals surface area contributed by atoms with Gasteiger partial charge < -0.3 is 14.0 Å². The van der Waals surface area contributed by atoms with Gasteiger partial charge in [0.2, 0.25) is 17.6 Å². The lowest BCUT2D eigenvalue weighted by Gasteiger charge is -2.29. The Morgan fingerprint density at radius 2 is 2.00 bits per heavy atom. The number of hydrogen-bond acceptors (Lipinski definition) is 6. The molecule has 0 spiro atoms. The molecular weight excluding hydrogens is 318 g/mol. The summed E-state index contributed by atoms with van der Waals surface area (Å²) in [6.07, 6.45) is 3.56. The Morgan fingerprint density at radius 3 is 2.76 bits per heavy atom. The minimum Gasteiger partial charge on any atom is -0.481 e. The topological polar surface area (TPSA) is 70.3 Å². The van der Waals surface area contributed by atoms with Crippen molar-refractivity contribution < 1.29 is 14.0 Å². The van der Waals surface area contributed by atoms with Crippen LogP contribution in [0.3, 0.4) is 0 Å². The van der Waals surface area contributed by atoms with E-state index in [-0.39, 0.29) is 12.0 Å². The fourth-order valence-corrected chi connectivity index (χ4v) is 3.14. The van der Waals surface area contributed by atoms with E-state index in [9.17, 15) is 0 Å². The number of methoxy groups -OCH3 is 1. The monoisotopic (exact) mass is 337 g/mol. The standard InChI is InChI=1S/C19H19N3O3/c1-23-16-10-9-14(12-20-16)18-21-19(25-22-18)15-8-5-11-24-17(15)13-6-3-2-4-7-13/h2-4,6-7,9-10,12,15,17H,5,8,11H2,1H3/t15-,17-/m0/s1. The lowest BCUT2D eigenvalue weighted by molar-refractivity contribution is -0.0103. The first-order valence-electron chi connectivity index (χ1n) is 8.36. The zero-order valence-corrected chi connectivity index (χ0v) is 14.0. The molecule has 6 heteroatoms. The van der Waals surface area contributed by atoms with E-state index in [0.29, 0.717) is 17.6 Å². The molecule has 1 aromatic carbocycles. The van der Waals surface area contributed by atoms with Crippen LogP contribution in [0.1, 0.15) is 36.3 Å². The summed E-state index contributed by atoms with van der Waals surface area (Å²) in [5.74, 6) is 1.75. The molecule has 4 rings (SSSR count). The van der Waals surface area contributed by atoms with Gasteiger partial charge in [0, 0.05) is 24.4 Å². The molecule has 0 bridgehead atoms. The average molecular weight is 337 g/mol. The van der Waals surface area contributed by atoms with E-state index in [1.807, 2.05) is 24.3 Å². The number of rotatable bonds is 4. The average Bonchev–Trinajstić information content (AvgIpc) is 3.19. The summed E-state index contributed by atoms with van der Waals surface area (Å²) >= 11 is 0. The molecule has 2 aromatic heterocycles. The zero-order chi connectivity index (χ0) is 17.1. The highest BCUT2D eigenvalue weighted by Gasteiger charge is 2.33. The summed E-state index contributed by atoms with van der Waals surface area (Å²) in [7, 11) is 1.58. The molecule has 6 nitrogen and oxygen atoms in total. The molecule has 1 saturated heterocycles. The zero-order valence-electron chi connectivity index (χ0n) is 14.0. The third-order valence-electron chi connectivity index (χ3n) is 4.41. The first-order chi connectivity index (χ1) is 12.3. The largest absolute Gasteiger partial charge is 0.481 e. The fourth-order valence-electron chi connectivity index (χ4n) is 3.14. The quantitative estimate of drug-likeness (QED) is 0.721. The molecule has 0 amide bonds. The van der Waals surface area contributed by atoms with Gasteiger partial charge in [-0.1, -0.05) is 35.5 Å². The molecule has 0 unspecified atom stereocenters. The van der Waals surface area contributed by atoms with E-state index >= 15 is 0 Å². The van der Waals surface area contributed by atoms with E-state index in [0.717, 1.165) is 30.6 Å². The Hall–Kier alpha value is -2.73. The van der Waals surface area contributed by atoms with E-state index < -0.39 is 0 Å². The van der Waals surface area contributed by atoms with E-state index in [4.69, 9.17) is 14.0 Å². The van der Waals surface area contributed by atoms with E-state index in [2.05, 4.69) is 27.3 Å². The Kier molecular flexibility index (Phi) is 4.43. The van der Waals surface area contributed by atoms with Crippen molar-refractivity contribution in [1.82, 2.24) is 15.1 Å². The van der Waals surface area contributed by atoms with Crippen molar-refractivity contribution in [2.45, 2.75) is 24.9 Å². The van der Waals surface area contributed by atoms with Crippen LogP contribution >= 0.6 is 0 Å². The second-order valence-electron chi connectivity index (χ2n) is 6.00. The molecule has 0 N–H and O–H groups in total. The lowest BCUT2D eigenvalue weighted by atomic mass is 9.89. The van der Waals surface area contributed by atoms with Crippen LogP contribution < -0.4 is 4.74 Å². The van der Waals surface area contributed by atoms with Gasteiger partial charge >= 0.3 is 0 Å². The predicted octanol–water partition coefficient (Wildman–Crippen LogP) is 3.78. The first-order valence-corrected chi connectivity index (χ1v) is 8.36. The van der Waals surface area contributed by atoms with Crippen LogP contribution in [0.25, 0.3) is 11.4 Å². The predicted molar refractivity (Wildman–Crippen MR) is 91.2 cm³/mol. The first kappa shape index (κ1) is 15.8. The normalized spacial score (nSPS) is 20.4. The smallest absolute Gasteiger partial charge is 0.233 e. The van der Waals surface area contributed by atoms with E-state index in [1.165, 1.54) is 0 Å². The molecule has 0 radical (unpaired) electrons. The lowest BCUT2D eigenvalue weighted by Crippen LogP contribution is -2.21. The summed E-state index contributed by atoms with van der Waals surface area (Å²) in [5.41, 5.74) is 1.93. The van der Waals surface area contributed by atoms with Gasteiger partial charge in [-0.05, 0) is 24.5 Å². The highest BCUT2D eigenvalue weighted by molar-refractivity contribution is 5.53. The number of benzene rings is 1. The van der Waals surface area contributed by atoms with Gasteiger partial charge in [-0.25, -0.2) is 4.98 Å². The minimum atomic E-state index is -0.0581. The minimum absolute atomic E-state index is 0.0581. The highest BCUT2D eigenvalue weighted by Crippen LogP contribution is 2.40. The van der Waals surface area contributed by atoms with Crippen molar-refractivity contribution in [3.8, 4) is 17.3 Å². The van der Waals surface area contributed by atoms with Gasteiger partial charge in [0.1, 0.15) is 0 Å². The Balaban J connectivity index is 1.61. The summed E-state index contributed by atoms with van der Waals surface area (Å²) in [5, 5.41) is 4.12. The maximum atomic E-state index is 6.02. The summed E-state index contributed by atoms with van der Waals surface area (Å²) in [4.78, 5) is 8.79. The third kappa shape index (κ3) is 3.25. The second kappa shape index (κ2) is 7.03. The number of ether oxygens (including phenoxy) is 2. The van der Waals surface area contributed by atoms with Crippen LogP contribution in [0.15, 0.2) is 53.2 Å². The van der Waals surface area contributed by atoms with Crippen LogP contribution in [0.2, 0.25) is 0 Å². The van der Waals surface area contributed by atoms with Crippen LogP contribution in [-0.2, 0) is 4.74 Å². The molecule has 1 fully saturated rings. The Morgan fingerprint density at radius 1 is 1.12 bits per heavy atom. The van der Waals surface area contributed by atoms with Gasteiger partial charge in [0.05, 0.1) is 19.1 Å². The van der Waals surface area contributed by atoms with Crippen LogP contribution in [-0.4, -0.2) is 28.8 Å². The van der Waals surface area contributed by atoms with Crippen molar-refractivity contribution in [3.63, 3.8) is 0 Å². The molecule has 25 heavy (non-hydrogen) atoms. The number of hydrogen-bond donors (Lipinski definition) is 0. The van der Waals surface area contributed by atoms with Gasteiger partial charge in [-0.2, -0.15) is 4.98 Å². The third-order valence-corrected chi connectivity index (χ3v) is 4.41. The summed E-state index contributed by atoms with van der Waals surface area (Å²) < 4.78 is 16.7. The number of pyridine rings is 1. The van der Waals surface area contributed by atoms with Crippen molar-refractivity contribution in [2.24, 2.45) is 0 Å². The number of nitrogens with zero attached hydrogens (tertiary/aromatic N) is 3. The van der Waals surface area contributed by atoms with Crippen LogP contribution in [0, 0.1) is 0 Å². The second-order valence-corrected chi connectivity index (χ2v) is 6.00. The molecule has 0 aliphatic carbocycles. The number of aromatic nitrogens is 3. The maximum Gasteiger partial charge on any atom is 0.233 e. The molecule has 0 saturated carbocycles. The van der Waals surface area contributed by atoms with Crippen LogP contribution in [0.5, 0.6) is 5.88 Å². The molecule has 1 aliphatic heterocycles. The van der Waals surface area contributed by atoms with Gasteiger partial charge in [0.25, 0.3) is 0 Å². The van der Waals surface area contributed by atoms with Gasteiger partial charge in [-0.3, -0.25) is 0 Å². The molecule has 1 aliphatic rings. The van der Waals surface area contributed by atoms with Crippen molar-refractivity contribution in [3.05, 3.63) is 60.1 Å². The fraction of sp³-hybridized carbons (Fsp3) is 0.316. The Labute approximate surface area is 145 Å².